The Balaban J connectivity index is 3.01. The Labute approximate surface area is 117 Å². The third kappa shape index (κ3) is 2.83. The summed E-state index contributed by atoms with van der Waals surface area (Å²) in [6.07, 6.45) is 1.67. The molecular weight excluding hydrogens is 294 g/mol. The summed E-state index contributed by atoms with van der Waals surface area (Å²) in [7, 11) is 0. The molecule has 2 N–H and O–H groups in total. The van der Waals surface area contributed by atoms with Crippen molar-refractivity contribution in [1.82, 2.24) is 9.78 Å². The lowest BCUT2D eigenvalue weighted by Crippen LogP contribution is -2.47. The van der Waals surface area contributed by atoms with E-state index in [1.54, 1.807) is 0 Å². The first-order valence-corrected chi connectivity index (χ1v) is 7.22. The molecule has 0 fully saturated rings. The molecule has 4 nitrogen and oxygen atoms in total. The van der Waals surface area contributed by atoms with Gasteiger partial charge in [0.15, 0.2) is 5.78 Å². The molecule has 0 aliphatic carbocycles. The van der Waals surface area contributed by atoms with E-state index in [1.165, 1.54) is 0 Å². The summed E-state index contributed by atoms with van der Waals surface area (Å²) in [5, 5.41) is 4.39. The first-order valence-electron chi connectivity index (χ1n) is 6.43. The lowest BCUT2D eigenvalue weighted by atomic mass is 9.87. The largest absolute Gasteiger partial charge is 0.319 e. The van der Waals surface area contributed by atoms with E-state index in [-0.39, 0.29) is 5.78 Å². The normalized spacial score (nSPS) is 11.9. The van der Waals surface area contributed by atoms with Gasteiger partial charge in [-0.1, -0.05) is 13.8 Å². The van der Waals surface area contributed by atoms with Crippen LogP contribution < -0.4 is 5.73 Å². The van der Waals surface area contributed by atoms with Crippen LogP contribution in [0.1, 0.15) is 45.0 Å². The average Bonchev–Trinajstić information content (AvgIpc) is 2.65. The molecule has 0 radical (unpaired) electrons. The third-order valence-electron chi connectivity index (χ3n) is 3.60. The molecule has 0 bridgehead atoms. The maximum Gasteiger partial charge on any atom is 0.158 e. The molecule has 1 rings (SSSR count). The van der Waals surface area contributed by atoms with Crippen LogP contribution in [-0.2, 0) is 17.8 Å². The van der Waals surface area contributed by atoms with E-state index < -0.39 is 5.54 Å². The van der Waals surface area contributed by atoms with E-state index in [4.69, 9.17) is 5.73 Å². The van der Waals surface area contributed by atoms with Crippen molar-refractivity contribution in [2.45, 2.75) is 59.0 Å². The molecular formula is C13H22BrN3O. The molecule has 0 saturated heterocycles. The maximum atomic E-state index is 12.3. The van der Waals surface area contributed by atoms with Gasteiger partial charge in [0, 0.05) is 6.54 Å². The highest BCUT2D eigenvalue weighted by Crippen LogP contribution is 2.24. The van der Waals surface area contributed by atoms with E-state index in [0.29, 0.717) is 19.3 Å². The van der Waals surface area contributed by atoms with Crippen molar-refractivity contribution >= 4 is 21.7 Å². The van der Waals surface area contributed by atoms with E-state index in [2.05, 4.69) is 21.0 Å². The number of hydrogen-bond donors (Lipinski definition) is 1. The highest BCUT2D eigenvalue weighted by Gasteiger charge is 2.31. The minimum atomic E-state index is -0.712. The first-order chi connectivity index (χ1) is 8.39. The molecule has 18 heavy (non-hydrogen) atoms. The van der Waals surface area contributed by atoms with Gasteiger partial charge < -0.3 is 5.73 Å². The Hall–Kier alpha value is -0.680. The summed E-state index contributed by atoms with van der Waals surface area (Å²) in [6, 6.07) is 0. The molecule has 0 aliphatic rings. The number of rotatable bonds is 6. The quantitative estimate of drug-likeness (QED) is 0.877. The van der Waals surface area contributed by atoms with Gasteiger partial charge in [0.2, 0.25) is 0 Å². The van der Waals surface area contributed by atoms with Crippen LogP contribution in [0.5, 0.6) is 0 Å². The van der Waals surface area contributed by atoms with Crippen molar-refractivity contribution in [2.75, 3.05) is 0 Å². The van der Waals surface area contributed by atoms with Gasteiger partial charge in [0.1, 0.15) is 0 Å². The van der Waals surface area contributed by atoms with E-state index >= 15 is 0 Å². The predicted octanol–water partition coefficient (Wildman–Crippen LogP) is 2.60. The zero-order valence-corrected chi connectivity index (χ0v) is 13.2. The Morgan fingerprint density at radius 2 is 1.94 bits per heavy atom. The van der Waals surface area contributed by atoms with Gasteiger partial charge in [-0.15, -0.1) is 0 Å². The molecule has 5 heteroatoms. The van der Waals surface area contributed by atoms with Gasteiger partial charge in [0.05, 0.1) is 27.8 Å². The molecule has 1 heterocycles. The fourth-order valence-corrected chi connectivity index (χ4v) is 2.43. The molecule has 0 unspecified atom stereocenters. The number of nitrogens with zero attached hydrogens (tertiary/aromatic N) is 2. The highest BCUT2D eigenvalue weighted by atomic mass is 79.9. The van der Waals surface area contributed by atoms with Crippen molar-refractivity contribution in [2.24, 2.45) is 5.73 Å². The van der Waals surface area contributed by atoms with Crippen molar-refractivity contribution in [3.8, 4) is 0 Å². The van der Waals surface area contributed by atoms with Crippen LogP contribution in [0, 0.1) is 6.92 Å². The lowest BCUT2D eigenvalue weighted by molar-refractivity contribution is -0.123. The highest BCUT2D eigenvalue weighted by molar-refractivity contribution is 9.10. The molecule has 0 aliphatic heterocycles. The first kappa shape index (κ1) is 15.4. The maximum absolute atomic E-state index is 12.3. The van der Waals surface area contributed by atoms with Crippen molar-refractivity contribution < 1.29 is 4.79 Å². The molecule has 102 valence electrons. The van der Waals surface area contributed by atoms with Crippen LogP contribution in [-0.4, -0.2) is 21.1 Å². The molecule has 0 aromatic carbocycles. The van der Waals surface area contributed by atoms with Crippen LogP contribution in [0.4, 0.5) is 0 Å². The van der Waals surface area contributed by atoms with Crippen molar-refractivity contribution in [3.63, 3.8) is 0 Å². The van der Waals surface area contributed by atoms with E-state index in [1.807, 2.05) is 32.4 Å². The molecule has 0 atom stereocenters. The number of nitrogens with two attached hydrogens (primary N) is 1. The second kappa shape index (κ2) is 5.97. The third-order valence-corrected chi connectivity index (χ3v) is 4.63. The summed E-state index contributed by atoms with van der Waals surface area (Å²) in [6.45, 7) is 8.62. The number of halogens is 1. The minimum Gasteiger partial charge on any atom is -0.319 e. The zero-order valence-electron chi connectivity index (χ0n) is 11.6. The molecule has 0 saturated carbocycles. The Morgan fingerprint density at radius 1 is 1.39 bits per heavy atom. The van der Waals surface area contributed by atoms with Crippen molar-refractivity contribution in [3.05, 3.63) is 15.9 Å². The van der Waals surface area contributed by atoms with Crippen LogP contribution in [0.3, 0.4) is 0 Å². The predicted molar refractivity (Wildman–Crippen MR) is 76.5 cm³/mol. The van der Waals surface area contributed by atoms with E-state index in [0.717, 1.165) is 22.4 Å². The van der Waals surface area contributed by atoms with Gasteiger partial charge in [-0.05, 0) is 42.6 Å². The molecule has 1 aromatic heterocycles. The van der Waals surface area contributed by atoms with E-state index in [9.17, 15) is 4.79 Å². The van der Waals surface area contributed by atoms with Crippen LogP contribution in [0.2, 0.25) is 0 Å². The monoisotopic (exact) mass is 315 g/mol. The number of hydrogen-bond acceptors (Lipinski definition) is 3. The van der Waals surface area contributed by atoms with Gasteiger partial charge >= 0.3 is 0 Å². The Kier molecular flexibility index (Phi) is 5.10. The van der Waals surface area contributed by atoms with Gasteiger partial charge in [-0.3, -0.25) is 9.48 Å². The number of carbonyl (C=O) groups is 1. The smallest absolute Gasteiger partial charge is 0.158 e. The summed E-state index contributed by atoms with van der Waals surface area (Å²) in [4.78, 5) is 12.3. The zero-order chi connectivity index (χ0) is 13.9. The summed E-state index contributed by atoms with van der Waals surface area (Å²) < 4.78 is 2.79. The van der Waals surface area contributed by atoms with Crippen molar-refractivity contribution in [1.29, 1.82) is 0 Å². The second-order valence-corrected chi connectivity index (χ2v) is 5.42. The number of aromatic nitrogens is 2. The summed E-state index contributed by atoms with van der Waals surface area (Å²) in [5.41, 5.74) is 7.27. The Bertz CT molecular complexity index is 436. The number of carbonyl (C=O) groups excluding carboxylic acids is 1. The lowest BCUT2D eigenvalue weighted by Gasteiger charge is -2.25. The number of aryl methyl sites for hydroxylation is 2. The number of Topliss-reactive ketones (excluding diaryl/α,β-unsaturated/α-hetero) is 1. The molecule has 1 aromatic rings. The SMILES string of the molecule is CCn1nc(C)c(Br)c1CC(=O)C(N)(CC)CC. The minimum absolute atomic E-state index is 0.0859. The Morgan fingerprint density at radius 3 is 2.39 bits per heavy atom. The van der Waals surface area contributed by atoms with Gasteiger partial charge in [0.25, 0.3) is 0 Å². The molecule has 0 spiro atoms. The van der Waals surface area contributed by atoms with Crippen LogP contribution in [0.25, 0.3) is 0 Å². The fraction of sp³-hybridized carbons (Fsp3) is 0.692. The standard InChI is InChI=1S/C13H22BrN3O/c1-5-13(15,6-2)11(18)8-10-12(14)9(4)16-17(10)7-3/h5-8,15H2,1-4H3. The second-order valence-electron chi connectivity index (χ2n) is 4.63. The topological polar surface area (TPSA) is 60.9 Å². The average molecular weight is 316 g/mol. The van der Waals surface area contributed by atoms with Crippen LogP contribution >= 0.6 is 15.9 Å². The van der Waals surface area contributed by atoms with Gasteiger partial charge in [-0.25, -0.2) is 0 Å². The summed E-state index contributed by atoms with van der Waals surface area (Å²) in [5.74, 6) is 0.0859. The van der Waals surface area contributed by atoms with Gasteiger partial charge in [-0.2, -0.15) is 5.10 Å². The van der Waals surface area contributed by atoms with Crippen LogP contribution in [0.15, 0.2) is 4.47 Å². The number of ketones is 1. The summed E-state index contributed by atoms with van der Waals surface area (Å²) >= 11 is 3.50. The molecule has 0 amide bonds. The fourth-order valence-electron chi connectivity index (χ4n) is 2.01.